The van der Waals surface area contributed by atoms with Crippen LogP contribution in [0.1, 0.15) is 33.9 Å². The number of carbonyl (C=O) groups is 2. The minimum atomic E-state index is -0.982. The maximum absolute atomic E-state index is 13.2. The van der Waals surface area contributed by atoms with Crippen molar-refractivity contribution in [1.29, 1.82) is 0 Å². The van der Waals surface area contributed by atoms with Crippen molar-refractivity contribution in [3.8, 4) is 11.5 Å². The number of aromatic hydroxyl groups is 2. The largest absolute Gasteiger partial charge is 0.508 e. The lowest BCUT2D eigenvalue weighted by molar-refractivity contribution is -0.132. The van der Waals surface area contributed by atoms with Crippen LogP contribution in [-0.4, -0.2) is 27.0 Å². The highest BCUT2D eigenvalue weighted by atomic mass is 16.3. The molecule has 1 fully saturated rings. The summed E-state index contributed by atoms with van der Waals surface area (Å²) in [4.78, 5) is 27.5. The second-order valence-electron chi connectivity index (χ2n) is 8.05. The lowest BCUT2D eigenvalue weighted by Crippen LogP contribution is -2.29. The molecule has 32 heavy (non-hydrogen) atoms. The molecule has 4 rings (SSSR count). The Morgan fingerprint density at radius 2 is 1.53 bits per heavy atom. The minimum Gasteiger partial charge on any atom is -0.508 e. The highest BCUT2D eigenvalue weighted by molar-refractivity contribution is 6.51. The van der Waals surface area contributed by atoms with Gasteiger partial charge in [-0.1, -0.05) is 30.3 Å². The first-order chi connectivity index (χ1) is 15.2. The summed E-state index contributed by atoms with van der Waals surface area (Å²) in [6, 6.07) is 15.1. The number of aliphatic hydroxyl groups is 1. The second kappa shape index (κ2) is 7.89. The number of aryl methyl sites for hydroxylation is 3. The molecule has 0 spiro atoms. The Morgan fingerprint density at radius 1 is 0.844 bits per heavy atom. The number of phenolic OH excluding ortho intramolecular Hbond substituents is 2. The fourth-order valence-corrected chi connectivity index (χ4v) is 3.92. The second-order valence-corrected chi connectivity index (χ2v) is 8.05. The SMILES string of the molecule is Cc1ccc(O)c(N2C(=O)C(=O)/C(=C(\O)c3ccc(C)c(C)c3)C2c2ccc(O)cc2)c1. The first kappa shape index (κ1) is 21.2. The average molecular weight is 429 g/mol. The predicted octanol–water partition coefficient (Wildman–Crippen LogP) is 4.65. The number of phenols is 2. The Bertz CT molecular complexity index is 1270. The van der Waals surface area contributed by atoms with Crippen molar-refractivity contribution < 1.29 is 24.9 Å². The lowest BCUT2D eigenvalue weighted by atomic mass is 9.94. The van der Waals surface area contributed by atoms with E-state index >= 15 is 0 Å². The van der Waals surface area contributed by atoms with Crippen LogP contribution in [0.2, 0.25) is 0 Å². The topological polar surface area (TPSA) is 98.1 Å². The van der Waals surface area contributed by atoms with Crippen LogP contribution in [0.3, 0.4) is 0 Å². The van der Waals surface area contributed by atoms with Crippen LogP contribution in [0, 0.1) is 20.8 Å². The molecule has 162 valence electrons. The number of carbonyl (C=O) groups excluding carboxylic acids is 2. The third kappa shape index (κ3) is 3.50. The zero-order chi connectivity index (χ0) is 23.2. The molecular weight excluding hydrogens is 406 g/mol. The normalized spacial score (nSPS) is 17.7. The number of amides is 1. The number of hydrogen-bond acceptors (Lipinski definition) is 5. The van der Waals surface area contributed by atoms with Crippen LogP contribution in [0.15, 0.2) is 66.2 Å². The van der Waals surface area contributed by atoms with Crippen LogP contribution in [0.4, 0.5) is 5.69 Å². The molecule has 1 saturated heterocycles. The zero-order valence-corrected chi connectivity index (χ0v) is 18.0. The summed E-state index contributed by atoms with van der Waals surface area (Å²) in [7, 11) is 0. The molecule has 0 aliphatic carbocycles. The lowest BCUT2D eigenvalue weighted by Gasteiger charge is -2.26. The molecule has 1 unspecified atom stereocenters. The Balaban J connectivity index is 1.99. The van der Waals surface area contributed by atoms with Gasteiger partial charge in [-0.25, -0.2) is 0 Å². The summed E-state index contributed by atoms with van der Waals surface area (Å²) in [5, 5.41) is 31.4. The predicted molar refractivity (Wildman–Crippen MR) is 122 cm³/mol. The van der Waals surface area contributed by atoms with Gasteiger partial charge in [-0.05, 0) is 73.4 Å². The highest BCUT2D eigenvalue weighted by Crippen LogP contribution is 2.45. The van der Waals surface area contributed by atoms with Gasteiger partial charge in [0, 0.05) is 5.56 Å². The van der Waals surface area contributed by atoms with E-state index in [4.69, 9.17) is 0 Å². The summed E-state index contributed by atoms with van der Waals surface area (Å²) in [5.74, 6) is -2.13. The first-order valence-corrected chi connectivity index (χ1v) is 10.2. The van der Waals surface area contributed by atoms with Gasteiger partial charge in [0.25, 0.3) is 11.7 Å². The van der Waals surface area contributed by atoms with Gasteiger partial charge >= 0.3 is 0 Å². The van der Waals surface area contributed by atoms with E-state index in [0.717, 1.165) is 16.7 Å². The summed E-state index contributed by atoms with van der Waals surface area (Å²) in [6.07, 6.45) is 0. The highest BCUT2D eigenvalue weighted by Gasteiger charge is 2.47. The zero-order valence-electron chi connectivity index (χ0n) is 18.0. The number of hydrogen-bond donors (Lipinski definition) is 3. The van der Waals surface area contributed by atoms with Crippen molar-refractivity contribution in [2.45, 2.75) is 26.8 Å². The van der Waals surface area contributed by atoms with E-state index in [1.165, 1.54) is 23.1 Å². The molecule has 1 amide bonds. The van der Waals surface area contributed by atoms with Crippen molar-refractivity contribution in [3.63, 3.8) is 0 Å². The number of anilines is 1. The summed E-state index contributed by atoms with van der Waals surface area (Å²) in [6.45, 7) is 5.65. The number of Topliss-reactive ketones (excluding diaryl/α,β-unsaturated/α-hetero) is 1. The molecular formula is C26H23NO5. The third-order valence-corrected chi connectivity index (χ3v) is 5.82. The van der Waals surface area contributed by atoms with Crippen LogP contribution >= 0.6 is 0 Å². The molecule has 1 heterocycles. The van der Waals surface area contributed by atoms with Crippen molar-refractivity contribution in [3.05, 3.63) is 94.1 Å². The molecule has 1 aliphatic rings. The van der Waals surface area contributed by atoms with Gasteiger partial charge in [-0.2, -0.15) is 0 Å². The van der Waals surface area contributed by atoms with E-state index in [2.05, 4.69) is 0 Å². The van der Waals surface area contributed by atoms with Gasteiger partial charge < -0.3 is 15.3 Å². The fourth-order valence-electron chi connectivity index (χ4n) is 3.92. The van der Waals surface area contributed by atoms with Crippen LogP contribution in [-0.2, 0) is 9.59 Å². The quantitative estimate of drug-likeness (QED) is 0.320. The molecule has 0 aromatic heterocycles. The molecule has 0 bridgehead atoms. The monoisotopic (exact) mass is 429 g/mol. The van der Waals surface area contributed by atoms with E-state index in [9.17, 15) is 24.9 Å². The van der Waals surface area contributed by atoms with E-state index < -0.39 is 17.7 Å². The van der Waals surface area contributed by atoms with Crippen LogP contribution in [0.5, 0.6) is 11.5 Å². The van der Waals surface area contributed by atoms with Crippen LogP contribution in [0.25, 0.3) is 5.76 Å². The van der Waals surface area contributed by atoms with Crippen molar-refractivity contribution in [1.82, 2.24) is 0 Å². The first-order valence-electron chi connectivity index (χ1n) is 10.2. The summed E-state index contributed by atoms with van der Waals surface area (Å²) in [5.41, 5.74) is 3.77. The Morgan fingerprint density at radius 3 is 2.19 bits per heavy atom. The molecule has 0 saturated carbocycles. The van der Waals surface area contributed by atoms with E-state index in [0.29, 0.717) is 11.1 Å². The van der Waals surface area contributed by atoms with E-state index in [1.807, 2.05) is 26.8 Å². The Hall–Kier alpha value is -4.06. The maximum Gasteiger partial charge on any atom is 0.300 e. The van der Waals surface area contributed by atoms with Gasteiger partial charge in [-0.3, -0.25) is 14.5 Å². The number of benzene rings is 3. The maximum atomic E-state index is 13.2. The van der Waals surface area contributed by atoms with Gasteiger partial charge in [0.15, 0.2) is 0 Å². The smallest absolute Gasteiger partial charge is 0.300 e. The fraction of sp³-hybridized carbons (Fsp3) is 0.154. The summed E-state index contributed by atoms with van der Waals surface area (Å²) >= 11 is 0. The van der Waals surface area contributed by atoms with Crippen LogP contribution < -0.4 is 4.90 Å². The number of rotatable bonds is 3. The van der Waals surface area contributed by atoms with Gasteiger partial charge in [0.05, 0.1) is 17.3 Å². The molecule has 0 radical (unpaired) electrons. The molecule has 3 N–H and O–H groups in total. The molecule has 1 atom stereocenters. The minimum absolute atomic E-state index is 0.0262. The number of nitrogens with zero attached hydrogens (tertiary/aromatic N) is 1. The molecule has 3 aromatic rings. The van der Waals surface area contributed by atoms with Gasteiger partial charge in [-0.15, -0.1) is 0 Å². The molecule has 1 aliphatic heterocycles. The van der Waals surface area contributed by atoms with E-state index in [1.54, 1.807) is 36.4 Å². The van der Waals surface area contributed by atoms with Gasteiger partial charge in [0.2, 0.25) is 0 Å². The van der Waals surface area contributed by atoms with Crippen molar-refractivity contribution >= 4 is 23.1 Å². The third-order valence-electron chi connectivity index (χ3n) is 5.82. The number of aliphatic hydroxyl groups excluding tert-OH is 1. The van der Waals surface area contributed by atoms with E-state index in [-0.39, 0.29) is 28.5 Å². The summed E-state index contributed by atoms with van der Waals surface area (Å²) < 4.78 is 0. The standard InChI is InChI=1S/C26H23NO5/c1-14-4-11-21(29)20(12-14)27-23(17-7-9-19(28)10-8-17)22(25(31)26(27)32)24(30)18-6-5-15(2)16(3)13-18/h4-13,23,28-30H,1-3H3/b24-22-. The van der Waals surface area contributed by atoms with Gasteiger partial charge in [0.1, 0.15) is 17.3 Å². The van der Waals surface area contributed by atoms with Crippen molar-refractivity contribution in [2.75, 3.05) is 4.90 Å². The number of ketones is 1. The Kier molecular flexibility index (Phi) is 5.22. The average Bonchev–Trinajstić information content (AvgIpc) is 3.02. The van der Waals surface area contributed by atoms with Crippen molar-refractivity contribution in [2.24, 2.45) is 0 Å². The Labute approximate surface area is 185 Å². The molecule has 6 heteroatoms. The molecule has 6 nitrogen and oxygen atoms in total. The molecule has 3 aromatic carbocycles.